The molecule has 0 aromatic heterocycles. The molecular weight excluding hydrogens is 157 g/mol. The van der Waals surface area contributed by atoms with Crippen molar-refractivity contribution in [3.63, 3.8) is 0 Å². The van der Waals surface area contributed by atoms with E-state index in [1.807, 2.05) is 0 Å². The van der Waals surface area contributed by atoms with Crippen molar-refractivity contribution >= 4 is 6.29 Å². The van der Waals surface area contributed by atoms with Crippen LogP contribution in [0.1, 0.15) is 11.1 Å². The van der Waals surface area contributed by atoms with Crippen molar-refractivity contribution in [2.24, 2.45) is 5.73 Å². The molecule has 0 atom stereocenters. The lowest BCUT2D eigenvalue weighted by Gasteiger charge is -2.03. The van der Waals surface area contributed by atoms with Crippen LogP contribution >= 0.6 is 0 Å². The fourth-order valence-corrected chi connectivity index (χ4v) is 1.07. The monoisotopic (exact) mass is 167 g/mol. The topological polar surface area (TPSA) is 43.1 Å². The average Bonchev–Trinajstić information content (AvgIpc) is 2.08. The van der Waals surface area contributed by atoms with Gasteiger partial charge < -0.3 is 10.5 Å². The molecule has 3 heteroatoms. The van der Waals surface area contributed by atoms with Gasteiger partial charge in [0.1, 0.15) is 12.1 Å². The van der Waals surface area contributed by atoms with Crippen LogP contribution in [0.15, 0.2) is 18.2 Å². The Morgan fingerprint density at radius 3 is 2.75 bits per heavy atom. The lowest BCUT2D eigenvalue weighted by atomic mass is 10.1. The number of nitrogens with two attached hydrogens (primary N) is 1. The normalized spacial score (nSPS) is 9.83. The largest absolute Gasteiger partial charge is 0.326 e. The van der Waals surface area contributed by atoms with Crippen molar-refractivity contribution in [3.05, 3.63) is 35.1 Å². The van der Waals surface area contributed by atoms with Gasteiger partial charge in [0.25, 0.3) is 0 Å². The fraction of sp³-hybridized carbons (Fsp3) is 0.222. The number of carbonyl (C=O) groups excluding carboxylic acids is 1. The average molecular weight is 167 g/mol. The highest BCUT2D eigenvalue weighted by molar-refractivity contribution is 5.56. The zero-order valence-corrected chi connectivity index (χ0v) is 6.59. The molecule has 2 N–H and O–H groups in total. The summed E-state index contributed by atoms with van der Waals surface area (Å²) in [6.07, 6.45) is 1.08. The molecule has 0 heterocycles. The SMILES string of the molecule is NCc1cc(F)ccc1CC=O. The second-order valence-electron chi connectivity index (χ2n) is 2.49. The zero-order chi connectivity index (χ0) is 8.97. The molecule has 0 aliphatic carbocycles. The van der Waals surface area contributed by atoms with Gasteiger partial charge in [0.05, 0.1) is 0 Å². The Bertz CT molecular complexity index is 286. The maximum Gasteiger partial charge on any atom is 0.124 e. The molecule has 12 heavy (non-hydrogen) atoms. The highest BCUT2D eigenvalue weighted by Gasteiger charge is 2.01. The molecule has 0 bridgehead atoms. The third-order valence-corrected chi connectivity index (χ3v) is 1.69. The van der Waals surface area contributed by atoms with Crippen LogP contribution in [-0.2, 0) is 17.8 Å². The summed E-state index contributed by atoms with van der Waals surface area (Å²) >= 11 is 0. The first-order valence-corrected chi connectivity index (χ1v) is 3.69. The summed E-state index contributed by atoms with van der Waals surface area (Å²) in [5, 5.41) is 0. The number of hydrogen-bond donors (Lipinski definition) is 1. The number of benzene rings is 1. The van der Waals surface area contributed by atoms with Crippen LogP contribution < -0.4 is 5.73 Å². The van der Waals surface area contributed by atoms with Gasteiger partial charge in [0.2, 0.25) is 0 Å². The van der Waals surface area contributed by atoms with Crippen molar-refractivity contribution in [2.75, 3.05) is 0 Å². The Balaban J connectivity index is 3.01. The molecular formula is C9H10FNO. The molecule has 0 radical (unpaired) electrons. The number of carbonyl (C=O) groups is 1. The van der Waals surface area contributed by atoms with Gasteiger partial charge in [-0.3, -0.25) is 0 Å². The molecule has 0 spiro atoms. The van der Waals surface area contributed by atoms with Crippen LogP contribution in [0.5, 0.6) is 0 Å². The summed E-state index contributed by atoms with van der Waals surface area (Å²) in [7, 11) is 0. The van der Waals surface area contributed by atoms with Crippen LogP contribution in [-0.4, -0.2) is 6.29 Å². The first-order chi connectivity index (χ1) is 5.77. The van der Waals surface area contributed by atoms with Crippen molar-refractivity contribution < 1.29 is 9.18 Å². The van der Waals surface area contributed by atoms with E-state index in [2.05, 4.69) is 0 Å². The highest BCUT2D eigenvalue weighted by Crippen LogP contribution is 2.10. The smallest absolute Gasteiger partial charge is 0.124 e. The molecule has 1 aromatic carbocycles. The standard InChI is InChI=1S/C9H10FNO/c10-9-2-1-7(3-4-12)8(5-9)6-11/h1-2,4-5H,3,6,11H2. The Hall–Kier alpha value is -1.22. The molecule has 0 saturated heterocycles. The van der Waals surface area contributed by atoms with Crippen LogP contribution in [0.3, 0.4) is 0 Å². The van der Waals surface area contributed by atoms with E-state index in [4.69, 9.17) is 5.73 Å². The second kappa shape index (κ2) is 3.97. The van der Waals surface area contributed by atoms with Gasteiger partial charge in [-0.2, -0.15) is 0 Å². The summed E-state index contributed by atoms with van der Waals surface area (Å²) < 4.78 is 12.6. The van der Waals surface area contributed by atoms with Gasteiger partial charge in [-0.25, -0.2) is 4.39 Å². The molecule has 2 nitrogen and oxygen atoms in total. The molecule has 0 saturated carbocycles. The fourth-order valence-electron chi connectivity index (χ4n) is 1.07. The summed E-state index contributed by atoms with van der Waals surface area (Å²) in [5.74, 6) is -0.315. The van der Waals surface area contributed by atoms with Gasteiger partial charge in [-0.1, -0.05) is 6.07 Å². The van der Waals surface area contributed by atoms with Gasteiger partial charge in [0, 0.05) is 13.0 Å². The number of hydrogen-bond acceptors (Lipinski definition) is 2. The van der Waals surface area contributed by atoms with E-state index in [9.17, 15) is 9.18 Å². The Labute approximate surface area is 70.2 Å². The van der Waals surface area contributed by atoms with Crippen LogP contribution in [0, 0.1) is 5.82 Å². The molecule has 0 aliphatic heterocycles. The Kier molecular flexibility index (Phi) is 2.94. The predicted octanol–water partition coefficient (Wildman–Crippen LogP) is 1.03. The highest BCUT2D eigenvalue weighted by atomic mass is 19.1. The minimum atomic E-state index is -0.315. The predicted molar refractivity (Wildman–Crippen MR) is 44.1 cm³/mol. The summed E-state index contributed by atoms with van der Waals surface area (Å²) in [5.41, 5.74) is 6.86. The van der Waals surface area contributed by atoms with Gasteiger partial charge >= 0.3 is 0 Å². The molecule has 0 unspecified atom stereocenters. The minimum Gasteiger partial charge on any atom is -0.326 e. The number of rotatable bonds is 3. The van der Waals surface area contributed by atoms with Gasteiger partial charge in [-0.05, 0) is 23.3 Å². The minimum absolute atomic E-state index is 0.265. The molecule has 1 aromatic rings. The summed E-state index contributed by atoms with van der Waals surface area (Å²) in [6, 6.07) is 4.28. The van der Waals surface area contributed by atoms with Crippen molar-refractivity contribution in [1.29, 1.82) is 0 Å². The summed E-state index contributed by atoms with van der Waals surface area (Å²) in [6.45, 7) is 0.265. The van der Waals surface area contributed by atoms with Crippen LogP contribution in [0.25, 0.3) is 0 Å². The van der Waals surface area contributed by atoms with Crippen molar-refractivity contribution in [2.45, 2.75) is 13.0 Å². The first kappa shape index (κ1) is 8.87. The van der Waals surface area contributed by atoms with E-state index in [-0.39, 0.29) is 12.4 Å². The van der Waals surface area contributed by atoms with Crippen LogP contribution in [0.4, 0.5) is 4.39 Å². The first-order valence-electron chi connectivity index (χ1n) is 3.69. The van der Waals surface area contributed by atoms with Gasteiger partial charge in [0.15, 0.2) is 0 Å². The Morgan fingerprint density at radius 1 is 1.42 bits per heavy atom. The maximum absolute atomic E-state index is 12.6. The lowest BCUT2D eigenvalue weighted by Crippen LogP contribution is -2.02. The van der Waals surface area contributed by atoms with E-state index in [1.54, 1.807) is 6.07 Å². The number of aldehydes is 1. The van der Waals surface area contributed by atoms with E-state index in [0.717, 1.165) is 11.8 Å². The molecule has 64 valence electrons. The van der Waals surface area contributed by atoms with Crippen molar-refractivity contribution in [1.82, 2.24) is 0 Å². The van der Waals surface area contributed by atoms with Crippen LogP contribution in [0.2, 0.25) is 0 Å². The molecule has 0 aliphatic rings. The number of halogens is 1. The van der Waals surface area contributed by atoms with E-state index in [1.165, 1.54) is 12.1 Å². The van der Waals surface area contributed by atoms with E-state index < -0.39 is 0 Å². The zero-order valence-electron chi connectivity index (χ0n) is 6.59. The lowest BCUT2D eigenvalue weighted by molar-refractivity contribution is -0.107. The van der Waals surface area contributed by atoms with E-state index >= 15 is 0 Å². The maximum atomic E-state index is 12.6. The quantitative estimate of drug-likeness (QED) is 0.683. The molecule has 1 rings (SSSR count). The third-order valence-electron chi connectivity index (χ3n) is 1.69. The second-order valence-corrected chi connectivity index (χ2v) is 2.49. The molecule has 0 fully saturated rings. The Morgan fingerprint density at radius 2 is 2.17 bits per heavy atom. The van der Waals surface area contributed by atoms with E-state index in [0.29, 0.717) is 12.0 Å². The summed E-state index contributed by atoms with van der Waals surface area (Å²) in [4.78, 5) is 10.2. The van der Waals surface area contributed by atoms with Gasteiger partial charge in [-0.15, -0.1) is 0 Å². The third kappa shape index (κ3) is 1.89. The van der Waals surface area contributed by atoms with Crippen molar-refractivity contribution in [3.8, 4) is 0 Å². The molecule has 0 amide bonds.